The molecule has 0 amide bonds. The summed E-state index contributed by atoms with van der Waals surface area (Å²) >= 11 is 0. The lowest BCUT2D eigenvalue weighted by Crippen LogP contribution is -1.82. The summed E-state index contributed by atoms with van der Waals surface area (Å²) in [5.41, 5.74) is 0. The minimum absolute atomic E-state index is 1.04. The van der Waals surface area contributed by atoms with Crippen molar-refractivity contribution in [1.29, 1.82) is 0 Å². The van der Waals surface area contributed by atoms with E-state index in [9.17, 15) is 0 Å². The highest BCUT2D eigenvalue weighted by Gasteiger charge is 1.92. The fraction of sp³-hybridized carbons (Fsp3) is 0.636. The first-order valence-corrected chi connectivity index (χ1v) is 9.71. The Bertz CT molecular complexity index is 323. The summed E-state index contributed by atoms with van der Waals surface area (Å²) in [5, 5.41) is 8.44. The van der Waals surface area contributed by atoms with Crippen molar-refractivity contribution in [3.8, 4) is 0 Å². The molecule has 0 rings (SSSR count). The lowest BCUT2D eigenvalue weighted by Gasteiger charge is -2.02. The van der Waals surface area contributed by atoms with Gasteiger partial charge < -0.3 is 5.11 Å². The Labute approximate surface area is 144 Å². The molecule has 0 aliphatic heterocycles. The maximum Gasteiger partial charge on any atom is 0.0791 e. The van der Waals surface area contributed by atoms with Crippen LogP contribution >= 0.6 is 0 Å². The van der Waals surface area contributed by atoms with Crippen LogP contribution in [0.2, 0.25) is 0 Å². The van der Waals surface area contributed by atoms with Gasteiger partial charge >= 0.3 is 0 Å². The molecule has 0 radical (unpaired) electrons. The van der Waals surface area contributed by atoms with Gasteiger partial charge in [-0.05, 0) is 18.9 Å². The van der Waals surface area contributed by atoms with Crippen LogP contribution in [0.3, 0.4) is 0 Å². The largest absolute Gasteiger partial charge is 0.516 e. The van der Waals surface area contributed by atoms with Crippen molar-refractivity contribution in [3.05, 3.63) is 48.8 Å². The topological polar surface area (TPSA) is 20.2 Å². The van der Waals surface area contributed by atoms with E-state index in [1.807, 2.05) is 18.2 Å². The highest BCUT2D eigenvalue weighted by Crippen LogP contribution is 2.12. The molecule has 0 aliphatic carbocycles. The minimum atomic E-state index is 1.04. The molecule has 0 aromatic rings. The molecule has 1 nitrogen and oxygen atoms in total. The Morgan fingerprint density at radius 1 is 0.522 bits per heavy atom. The first-order chi connectivity index (χ1) is 11.4. The lowest BCUT2D eigenvalue weighted by atomic mass is 10.0. The lowest BCUT2D eigenvalue weighted by molar-refractivity contribution is 0.474. The third-order valence-electron chi connectivity index (χ3n) is 4.00. The first kappa shape index (κ1) is 21.8. The Morgan fingerprint density at radius 3 is 1.48 bits per heavy atom. The number of allylic oxidation sites excluding steroid dienone is 7. The van der Waals surface area contributed by atoms with Crippen LogP contribution in [0.4, 0.5) is 0 Å². The highest BCUT2D eigenvalue weighted by molar-refractivity contribution is 5.14. The van der Waals surface area contributed by atoms with E-state index >= 15 is 0 Å². The molecule has 1 N–H and O–H groups in total. The molecule has 0 atom stereocenters. The predicted octanol–water partition coefficient (Wildman–Crippen LogP) is 7.82. The average molecular weight is 319 g/mol. The number of unbranched alkanes of at least 4 members (excludes halogenated alkanes) is 12. The second-order valence-corrected chi connectivity index (χ2v) is 6.22. The van der Waals surface area contributed by atoms with E-state index in [1.54, 1.807) is 12.2 Å². The average Bonchev–Trinajstić information content (AvgIpc) is 2.57. The van der Waals surface area contributed by atoms with E-state index in [0.29, 0.717) is 0 Å². The smallest absolute Gasteiger partial charge is 0.0791 e. The Morgan fingerprint density at radius 2 is 0.957 bits per heavy atom. The molecule has 0 fully saturated rings. The fourth-order valence-corrected chi connectivity index (χ4v) is 2.58. The molecule has 0 unspecified atom stereocenters. The Kier molecular flexibility index (Phi) is 19.6. The van der Waals surface area contributed by atoms with Crippen molar-refractivity contribution in [1.82, 2.24) is 0 Å². The molecule has 0 aromatic carbocycles. The van der Waals surface area contributed by atoms with Crippen molar-refractivity contribution in [3.63, 3.8) is 0 Å². The van der Waals surface area contributed by atoms with E-state index in [2.05, 4.69) is 19.1 Å². The van der Waals surface area contributed by atoms with Gasteiger partial charge in [0.15, 0.2) is 0 Å². The molecule has 0 heterocycles. The zero-order chi connectivity index (χ0) is 16.8. The van der Waals surface area contributed by atoms with Crippen LogP contribution < -0.4 is 0 Å². The Balaban J connectivity index is 3.18. The highest BCUT2D eigenvalue weighted by atomic mass is 16.2. The first-order valence-electron chi connectivity index (χ1n) is 9.71. The molecule has 23 heavy (non-hydrogen) atoms. The van der Waals surface area contributed by atoms with Crippen LogP contribution in [0.5, 0.6) is 0 Å². The molecule has 0 saturated heterocycles. The quantitative estimate of drug-likeness (QED) is 0.175. The monoisotopic (exact) mass is 318 g/mol. The van der Waals surface area contributed by atoms with E-state index in [0.717, 1.165) is 6.26 Å². The molecule has 132 valence electrons. The van der Waals surface area contributed by atoms with E-state index < -0.39 is 0 Å². The molecule has 0 aromatic heterocycles. The normalized spacial score (nSPS) is 12.6. The summed E-state index contributed by atoms with van der Waals surface area (Å²) in [6.07, 6.45) is 32.8. The van der Waals surface area contributed by atoms with Gasteiger partial charge in [0.05, 0.1) is 6.26 Å². The van der Waals surface area contributed by atoms with Crippen molar-refractivity contribution < 1.29 is 5.11 Å². The minimum Gasteiger partial charge on any atom is -0.516 e. The number of aliphatic hydroxyl groups is 1. The van der Waals surface area contributed by atoms with E-state index in [4.69, 9.17) is 5.11 Å². The molecule has 1 heteroatoms. The summed E-state index contributed by atoms with van der Waals surface area (Å²) in [4.78, 5) is 0. The SMILES string of the molecule is CCCCCCCCCCCCCC/C=C/C=C/C=C/C=C/O. The van der Waals surface area contributed by atoms with Crippen LogP contribution in [0, 0.1) is 0 Å². The molecule has 0 bridgehead atoms. The molecular formula is C22H38O. The molecule has 0 spiro atoms. The van der Waals surface area contributed by atoms with Crippen LogP contribution in [0.15, 0.2) is 48.8 Å². The number of rotatable bonds is 16. The van der Waals surface area contributed by atoms with E-state index in [1.165, 1.54) is 83.5 Å². The maximum absolute atomic E-state index is 8.44. The summed E-state index contributed by atoms with van der Waals surface area (Å²) in [7, 11) is 0. The molecular weight excluding hydrogens is 280 g/mol. The van der Waals surface area contributed by atoms with Crippen LogP contribution in [-0.4, -0.2) is 5.11 Å². The molecule has 0 aliphatic rings. The van der Waals surface area contributed by atoms with Crippen molar-refractivity contribution in [2.75, 3.05) is 0 Å². The molecule has 0 saturated carbocycles. The summed E-state index contributed by atoms with van der Waals surface area (Å²) in [5.74, 6) is 0. The van der Waals surface area contributed by atoms with Crippen LogP contribution in [0.1, 0.15) is 90.4 Å². The van der Waals surface area contributed by atoms with Crippen molar-refractivity contribution >= 4 is 0 Å². The van der Waals surface area contributed by atoms with Gasteiger partial charge in [0, 0.05) is 0 Å². The number of hydrogen-bond acceptors (Lipinski definition) is 1. The second kappa shape index (κ2) is 20.8. The number of aliphatic hydroxyl groups excluding tert-OH is 1. The predicted molar refractivity (Wildman–Crippen MR) is 105 cm³/mol. The van der Waals surface area contributed by atoms with Gasteiger partial charge in [0.25, 0.3) is 0 Å². The van der Waals surface area contributed by atoms with Gasteiger partial charge in [-0.1, -0.05) is 114 Å². The Hall–Kier alpha value is -1.24. The summed E-state index contributed by atoms with van der Waals surface area (Å²) in [6.45, 7) is 2.28. The van der Waals surface area contributed by atoms with Gasteiger partial charge in [-0.25, -0.2) is 0 Å². The van der Waals surface area contributed by atoms with Gasteiger partial charge in [-0.15, -0.1) is 0 Å². The van der Waals surface area contributed by atoms with Crippen LogP contribution in [0.25, 0.3) is 0 Å². The standard InChI is InChI=1S/C22H38O/c1-2-3-4-5-6-7-8-9-10-11-12-13-14-15-16-17-18-19-20-21-22-23/h15-23H,2-14H2,1H3/b16-15+,18-17+,20-19+,22-21+. The van der Waals surface area contributed by atoms with Gasteiger partial charge in [0.2, 0.25) is 0 Å². The summed E-state index contributed by atoms with van der Waals surface area (Å²) in [6, 6.07) is 0. The summed E-state index contributed by atoms with van der Waals surface area (Å²) < 4.78 is 0. The van der Waals surface area contributed by atoms with E-state index in [-0.39, 0.29) is 0 Å². The van der Waals surface area contributed by atoms with Gasteiger partial charge in [0.1, 0.15) is 0 Å². The third-order valence-corrected chi connectivity index (χ3v) is 4.00. The second-order valence-electron chi connectivity index (χ2n) is 6.22. The zero-order valence-corrected chi connectivity index (χ0v) is 15.3. The van der Waals surface area contributed by atoms with Gasteiger partial charge in [-0.3, -0.25) is 0 Å². The third kappa shape index (κ3) is 20.8. The number of hydrogen-bond donors (Lipinski definition) is 1. The van der Waals surface area contributed by atoms with Crippen LogP contribution in [-0.2, 0) is 0 Å². The van der Waals surface area contributed by atoms with Crippen molar-refractivity contribution in [2.24, 2.45) is 0 Å². The zero-order valence-electron chi connectivity index (χ0n) is 15.3. The fourth-order valence-electron chi connectivity index (χ4n) is 2.58. The maximum atomic E-state index is 8.44. The van der Waals surface area contributed by atoms with Crippen molar-refractivity contribution in [2.45, 2.75) is 90.4 Å². The van der Waals surface area contributed by atoms with Gasteiger partial charge in [-0.2, -0.15) is 0 Å².